The molecule has 0 heteroatoms. The van der Waals surface area contributed by atoms with E-state index in [1.807, 2.05) is 27.7 Å². The van der Waals surface area contributed by atoms with Gasteiger partial charge in [0.1, 0.15) is 0 Å². The minimum Gasteiger partial charge on any atom is -0.0839 e. The molecular formula is C18H28. The third-order valence-corrected chi connectivity index (χ3v) is 2.82. The number of allylic oxidation sites excluding steroid dienone is 4. The van der Waals surface area contributed by atoms with Crippen LogP contribution in [-0.2, 0) is 0 Å². The fourth-order valence-electron chi connectivity index (χ4n) is 1.89. The van der Waals surface area contributed by atoms with Crippen molar-refractivity contribution in [3.63, 3.8) is 0 Å². The van der Waals surface area contributed by atoms with Gasteiger partial charge in [-0.05, 0) is 24.0 Å². The molecule has 0 saturated heterocycles. The third kappa shape index (κ3) is 5.35. The van der Waals surface area contributed by atoms with Crippen molar-refractivity contribution in [1.29, 1.82) is 0 Å². The highest BCUT2D eigenvalue weighted by Crippen LogP contribution is 2.27. The average Bonchev–Trinajstić information content (AvgIpc) is 2.52. The van der Waals surface area contributed by atoms with Crippen LogP contribution in [0.1, 0.15) is 58.9 Å². The summed E-state index contributed by atoms with van der Waals surface area (Å²) < 4.78 is 0. The highest BCUT2D eigenvalue weighted by Gasteiger charge is 2.09. The lowest BCUT2D eigenvalue weighted by Gasteiger charge is -2.15. The summed E-state index contributed by atoms with van der Waals surface area (Å²) in [7, 11) is 0. The summed E-state index contributed by atoms with van der Waals surface area (Å²) in [6, 6.07) is 10.7. The summed E-state index contributed by atoms with van der Waals surface area (Å²) in [5, 5.41) is 0. The normalized spacial score (nSPS) is 14.4. The zero-order valence-corrected chi connectivity index (χ0v) is 12.6. The molecule has 0 saturated carbocycles. The molecule has 1 aliphatic rings. The molecule has 1 atom stereocenters. The van der Waals surface area contributed by atoms with Crippen LogP contribution in [0.2, 0.25) is 0 Å². The minimum absolute atomic E-state index is 0.535. The first kappa shape index (κ1) is 16.7. The predicted octanol–water partition coefficient (Wildman–Crippen LogP) is 6.12. The highest BCUT2D eigenvalue weighted by molar-refractivity contribution is 5.35. The van der Waals surface area contributed by atoms with Crippen LogP contribution in [0.3, 0.4) is 0 Å². The van der Waals surface area contributed by atoms with Crippen molar-refractivity contribution in [3.05, 3.63) is 59.7 Å². The molecule has 0 nitrogen and oxygen atoms in total. The maximum absolute atomic E-state index is 2.36. The molecule has 0 fully saturated rings. The van der Waals surface area contributed by atoms with Gasteiger partial charge in [0, 0.05) is 5.92 Å². The van der Waals surface area contributed by atoms with E-state index in [9.17, 15) is 0 Å². The van der Waals surface area contributed by atoms with Gasteiger partial charge in [0.25, 0.3) is 0 Å². The molecule has 1 aliphatic carbocycles. The smallest absolute Gasteiger partial charge is 0.00577 e. The minimum atomic E-state index is 0.535. The largest absolute Gasteiger partial charge is 0.0839 e. The summed E-state index contributed by atoms with van der Waals surface area (Å²) >= 11 is 0. The predicted molar refractivity (Wildman–Crippen MR) is 84.0 cm³/mol. The Labute approximate surface area is 113 Å². The van der Waals surface area contributed by atoms with E-state index in [0.717, 1.165) is 0 Å². The summed E-state index contributed by atoms with van der Waals surface area (Å²) in [6.07, 6.45) is 9.29. The molecular weight excluding hydrogens is 216 g/mol. The lowest BCUT2D eigenvalue weighted by molar-refractivity contribution is 0.882. The average molecular weight is 244 g/mol. The third-order valence-electron chi connectivity index (χ3n) is 2.82. The Morgan fingerprint density at radius 3 is 2.00 bits per heavy atom. The van der Waals surface area contributed by atoms with Gasteiger partial charge >= 0.3 is 0 Å². The van der Waals surface area contributed by atoms with Crippen molar-refractivity contribution in [3.8, 4) is 0 Å². The molecule has 0 amide bonds. The zero-order valence-electron chi connectivity index (χ0n) is 12.6. The SMILES string of the molecule is CC.CC.CC(C1=CCCC=C1)c1ccccc1. The van der Waals surface area contributed by atoms with Gasteiger partial charge in [0.2, 0.25) is 0 Å². The topological polar surface area (TPSA) is 0 Å². The van der Waals surface area contributed by atoms with Gasteiger partial charge in [-0.2, -0.15) is 0 Å². The van der Waals surface area contributed by atoms with Crippen molar-refractivity contribution >= 4 is 0 Å². The van der Waals surface area contributed by atoms with Crippen molar-refractivity contribution in [2.45, 2.75) is 53.4 Å². The van der Waals surface area contributed by atoms with E-state index >= 15 is 0 Å². The van der Waals surface area contributed by atoms with E-state index in [-0.39, 0.29) is 0 Å². The van der Waals surface area contributed by atoms with Crippen molar-refractivity contribution in [2.24, 2.45) is 0 Å². The fraction of sp³-hybridized carbons (Fsp3) is 0.444. The summed E-state index contributed by atoms with van der Waals surface area (Å²) in [5.41, 5.74) is 2.87. The number of hydrogen-bond donors (Lipinski definition) is 0. The van der Waals surface area contributed by atoms with Crippen LogP contribution in [0.5, 0.6) is 0 Å². The van der Waals surface area contributed by atoms with E-state index in [0.29, 0.717) is 5.92 Å². The maximum Gasteiger partial charge on any atom is 0.00577 e. The Bertz CT molecular complexity index is 344. The van der Waals surface area contributed by atoms with Crippen LogP contribution in [0.15, 0.2) is 54.1 Å². The first-order chi connectivity index (χ1) is 8.88. The number of benzene rings is 1. The molecule has 0 spiro atoms. The molecule has 2 rings (SSSR count). The summed E-state index contributed by atoms with van der Waals surface area (Å²) in [6.45, 7) is 10.3. The lowest BCUT2D eigenvalue weighted by atomic mass is 9.90. The van der Waals surface area contributed by atoms with Crippen LogP contribution in [0.4, 0.5) is 0 Å². The maximum atomic E-state index is 2.36. The fourth-order valence-corrected chi connectivity index (χ4v) is 1.89. The van der Waals surface area contributed by atoms with Gasteiger partial charge in [-0.3, -0.25) is 0 Å². The molecule has 0 heterocycles. The molecule has 0 radical (unpaired) electrons. The molecule has 1 aromatic carbocycles. The van der Waals surface area contributed by atoms with Gasteiger partial charge in [-0.15, -0.1) is 0 Å². The Hall–Kier alpha value is -1.30. The van der Waals surface area contributed by atoms with Crippen LogP contribution in [-0.4, -0.2) is 0 Å². The van der Waals surface area contributed by atoms with E-state index < -0.39 is 0 Å². The van der Waals surface area contributed by atoms with Crippen molar-refractivity contribution in [2.75, 3.05) is 0 Å². The second-order valence-electron chi connectivity index (χ2n) is 3.82. The molecule has 1 aromatic rings. The van der Waals surface area contributed by atoms with E-state index in [1.165, 1.54) is 24.0 Å². The molecule has 100 valence electrons. The quantitative estimate of drug-likeness (QED) is 0.588. The standard InChI is InChI=1S/C14H16.2C2H6/c1-12(13-8-4-2-5-9-13)14-10-6-3-7-11-14;2*1-2/h2,4-6,8-12H,3,7H2,1H3;2*1-2H3. The van der Waals surface area contributed by atoms with Gasteiger partial charge < -0.3 is 0 Å². The highest BCUT2D eigenvalue weighted by atomic mass is 14.1. The van der Waals surface area contributed by atoms with Crippen molar-refractivity contribution in [1.82, 2.24) is 0 Å². The Morgan fingerprint density at radius 1 is 0.889 bits per heavy atom. The Kier molecular flexibility index (Phi) is 10.0. The van der Waals surface area contributed by atoms with Crippen LogP contribution < -0.4 is 0 Å². The monoisotopic (exact) mass is 244 g/mol. The first-order valence-corrected chi connectivity index (χ1v) is 7.29. The van der Waals surface area contributed by atoms with E-state index in [4.69, 9.17) is 0 Å². The molecule has 0 bridgehead atoms. The lowest BCUT2D eigenvalue weighted by Crippen LogP contribution is -1.97. The Morgan fingerprint density at radius 2 is 1.50 bits per heavy atom. The van der Waals surface area contributed by atoms with Gasteiger partial charge in [-0.25, -0.2) is 0 Å². The van der Waals surface area contributed by atoms with Crippen LogP contribution in [0, 0.1) is 0 Å². The first-order valence-electron chi connectivity index (χ1n) is 7.29. The van der Waals surface area contributed by atoms with Crippen molar-refractivity contribution < 1.29 is 0 Å². The second-order valence-corrected chi connectivity index (χ2v) is 3.82. The van der Waals surface area contributed by atoms with Crippen LogP contribution >= 0.6 is 0 Å². The van der Waals surface area contributed by atoms with Gasteiger partial charge in [0.05, 0.1) is 0 Å². The molecule has 0 aromatic heterocycles. The van der Waals surface area contributed by atoms with Gasteiger partial charge in [0.15, 0.2) is 0 Å². The van der Waals surface area contributed by atoms with E-state index in [2.05, 4.69) is 55.5 Å². The molecule has 0 aliphatic heterocycles. The number of rotatable bonds is 2. The zero-order chi connectivity index (χ0) is 13.8. The second kappa shape index (κ2) is 10.8. The molecule has 18 heavy (non-hydrogen) atoms. The van der Waals surface area contributed by atoms with Crippen LogP contribution in [0.25, 0.3) is 0 Å². The molecule has 0 N–H and O–H groups in total. The Balaban J connectivity index is 0.000000659. The molecule has 1 unspecified atom stereocenters. The van der Waals surface area contributed by atoms with E-state index in [1.54, 1.807) is 0 Å². The number of hydrogen-bond acceptors (Lipinski definition) is 0. The van der Waals surface area contributed by atoms with Gasteiger partial charge in [-0.1, -0.05) is 83.2 Å². The summed E-state index contributed by atoms with van der Waals surface area (Å²) in [4.78, 5) is 0. The summed E-state index contributed by atoms with van der Waals surface area (Å²) in [5.74, 6) is 0.535.